The number of hydrogen-bond acceptors (Lipinski definition) is 8. The Hall–Kier alpha value is -2.59. The minimum absolute atomic E-state index is 0.113. The Morgan fingerprint density at radius 1 is 1.10 bits per heavy atom. The van der Waals surface area contributed by atoms with Gasteiger partial charge in [-0.15, -0.1) is 0 Å². The second-order valence-electron chi connectivity index (χ2n) is 8.10. The van der Waals surface area contributed by atoms with E-state index in [9.17, 15) is 4.79 Å². The highest BCUT2D eigenvalue weighted by molar-refractivity contribution is 7.96. The fourth-order valence-corrected chi connectivity index (χ4v) is 5.27. The lowest BCUT2D eigenvalue weighted by Crippen LogP contribution is -2.56. The summed E-state index contributed by atoms with van der Waals surface area (Å²) in [6.07, 6.45) is 8.35. The zero-order chi connectivity index (χ0) is 21.2. The van der Waals surface area contributed by atoms with Crippen molar-refractivity contribution in [1.82, 2.24) is 19.3 Å². The van der Waals surface area contributed by atoms with Crippen LogP contribution in [0.2, 0.25) is 0 Å². The number of pyridine rings is 1. The lowest BCUT2D eigenvalue weighted by Gasteiger charge is -2.46. The average Bonchev–Trinajstić information content (AvgIpc) is 3.05. The van der Waals surface area contributed by atoms with Gasteiger partial charge in [0.05, 0.1) is 11.7 Å². The zero-order valence-electron chi connectivity index (χ0n) is 17.8. The molecule has 9 nitrogen and oxygen atoms in total. The first-order valence-electron chi connectivity index (χ1n) is 10.9. The summed E-state index contributed by atoms with van der Waals surface area (Å²) in [6.45, 7) is 5.87. The SMILES string of the molecule is CSN1CCCN(c2ccc3c(n2)N(C(=O)Nc2ccncn2)[C@H]2CCCN3C2)CC1. The third-order valence-electron chi connectivity index (χ3n) is 6.24. The number of carbonyl (C=O) groups is 1. The molecule has 0 aliphatic carbocycles. The predicted molar refractivity (Wildman–Crippen MR) is 125 cm³/mol. The lowest BCUT2D eigenvalue weighted by atomic mass is 10.00. The van der Waals surface area contributed by atoms with Crippen LogP contribution < -0.4 is 20.0 Å². The molecule has 0 unspecified atom stereocenters. The van der Waals surface area contributed by atoms with E-state index in [0.29, 0.717) is 5.82 Å². The second-order valence-corrected chi connectivity index (χ2v) is 8.98. The van der Waals surface area contributed by atoms with E-state index in [0.717, 1.165) is 75.9 Å². The molecule has 0 spiro atoms. The first-order chi connectivity index (χ1) is 15.2. The molecular formula is C21H28N8OS. The quantitative estimate of drug-likeness (QED) is 0.730. The lowest BCUT2D eigenvalue weighted by molar-refractivity contribution is 0.252. The number of rotatable bonds is 3. The molecule has 2 amide bonds. The van der Waals surface area contributed by atoms with Crippen LogP contribution in [0.3, 0.4) is 0 Å². The molecule has 0 aromatic carbocycles. The summed E-state index contributed by atoms with van der Waals surface area (Å²) in [4.78, 5) is 33.0. The molecule has 5 heterocycles. The second kappa shape index (κ2) is 8.88. The van der Waals surface area contributed by atoms with Crippen LogP contribution in [0.5, 0.6) is 0 Å². The summed E-state index contributed by atoms with van der Waals surface area (Å²) < 4.78 is 2.40. The topological polar surface area (TPSA) is 80.7 Å². The summed E-state index contributed by atoms with van der Waals surface area (Å²) in [5.41, 5.74) is 1.04. The maximum atomic E-state index is 13.3. The average molecular weight is 441 g/mol. The number of aromatic nitrogens is 3. The van der Waals surface area contributed by atoms with Gasteiger partial charge in [-0.2, -0.15) is 0 Å². The van der Waals surface area contributed by atoms with Crippen LogP contribution >= 0.6 is 11.9 Å². The van der Waals surface area contributed by atoms with Gasteiger partial charge >= 0.3 is 6.03 Å². The molecule has 164 valence electrons. The fourth-order valence-electron chi connectivity index (χ4n) is 4.69. The number of fused-ring (bicyclic) bond motifs is 4. The van der Waals surface area contributed by atoms with Crippen molar-refractivity contribution in [3.8, 4) is 0 Å². The smallest absolute Gasteiger partial charge is 0.329 e. The van der Waals surface area contributed by atoms with Gasteiger partial charge in [-0.25, -0.2) is 24.1 Å². The Labute approximate surface area is 187 Å². The molecule has 2 aromatic heterocycles. The summed E-state index contributed by atoms with van der Waals surface area (Å²) in [5.74, 6) is 2.20. The summed E-state index contributed by atoms with van der Waals surface area (Å²) in [7, 11) is 0. The van der Waals surface area contributed by atoms with Gasteiger partial charge in [0, 0.05) is 45.5 Å². The van der Waals surface area contributed by atoms with Crippen molar-refractivity contribution in [2.24, 2.45) is 0 Å². The van der Waals surface area contributed by atoms with Crippen molar-refractivity contribution in [3.05, 3.63) is 30.7 Å². The van der Waals surface area contributed by atoms with Crippen LogP contribution in [0.4, 0.5) is 27.9 Å². The highest BCUT2D eigenvalue weighted by Crippen LogP contribution is 2.39. The fraction of sp³-hybridized carbons (Fsp3) is 0.524. The van der Waals surface area contributed by atoms with E-state index in [1.165, 1.54) is 6.33 Å². The molecule has 2 aromatic rings. The predicted octanol–water partition coefficient (Wildman–Crippen LogP) is 2.68. The van der Waals surface area contributed by atoms with Gasteiger partial charge in [0.25, 0.3) is 0 Å². The van der Waals surface area contributed by atoms with Crippen LogP contribution in [0.25, 0.3) is 0 Å². The first-order valence-corrected chi connectivity index (χ1v) is 12.1. The van der Waals surface area contributed by atoms with Crippen molar-refractivity contribution >= 4 is 41.1 Å². The number of hydrogen-bond donors (Lipinski definition) is 1. The highest BCUT2D eigenvalue weighted by Gasteiger charge is 2.38. The minimum Gasteiger partial charge on any atom is -0.366 e. The van der Waals surface area contributed by atoms with Crippen molar-refractivity contribution in [1.29, 1.82) is 0 Å². The van der Waals surface area contributed by atoms with Gasteiger partial charge in [0.15, 0.2) is 5.82 Å². The number of carbonyl (C=O) groups excluding carboxylic acids is 1. The maximum absolute atomic E-state index is 13.3. The molecule has 3 aliphatic heterocycles. The molecule has 31 heavy (non-hydrogen) atoms. The number of nitrogens with one attached hydrogen (secondary N) is 1. The Balaban J connectivity index is 1.45. The summed E-state index contributed by atoms with van der Waals surface area (Å²) in [5, 5.41) is 2.93. The number of urea groups is 1. The minimum atomic E-state index is -0.180. The largest absolute Gasteiger partial charge is 0.366 e. The summed E-state index contributed by atoms with van der Waals surface area (Å²) >= 11 is 1.80. The van der Waals surface area contributed by atoms with E-state index in [2.05, 4.69) is 47.8 Å². The van der Waals surface area contributed by atoms with E-state index in [1.54, 1.807) is 24.2 Å². The molecule has 10 heteroatoms. The molecule has 0 saturated carbocycles. The third kappa shape index (κ3) is 4.14. The van der Waals surface area contributed by atoms with E-state index >= 15 is 0 Å². The summed E-state index contributed by atoms with van der Waals surface area (Å²) in [6, 6.07) is 5.89. The van der Waals surface area contributed by atoms with Gasteiger partial charge in [0.2, 0.25) is 0 Å². The van der Waals surface area contributed by atoms with Crippen LogP contribution in [0, 0.1) is 0 Å². The monoisotopic (exact) mass is 440 g/mol. The number of amides is 2. The molecule has 5 rings (SSSR count). The normalized spacial score (nSPS) is 21.5. The van der Waals surface area contributed by atoms with Crippen molar-refractivity contribution in [2.45, 2.75) is 25.3 Å². The maximum Gasteiger partial charge on any atom is 0.329 e. The van der Waals surface area contributed by atoms with Crippen molar-refractivity contribution < 1.29 is 4.79 Å². The van der Waals surface area contributed by atoms with E-state index in [1.807, 2.05) is 4.90 Å². The van der Waals surface area contributed by atoms with Crippen LogP contribution in [-0.4, -0.2) is 76.9 Å². The highest BCUT2D eigenvalue weighted by atomic mass is 32.2. The third-order valence-corrected chi connectivity index (χ3v) is 7.12. The Morgan fingerprint density at radius 3 is 2.84 bits per heavy atom. The van der Waals surface area contributed by atoms with Crippen molar-refractivity contribution in [3.63, 3.8) is 0 Å². The Bertz CT molecular complexity index is 929. The molecule has 2 fully saturated rings. The number of nitrogens with zero attached hydrogens (tertiary/aromatic N) is 7. The van der Waals surface area contributed by atoms with Crippen LogP contribution in [-0.2, 0) is 0 Å². The van der Waals surface area contributed by atoms with Gasteiger partial charge in [-0.05, 0) is 43.7 Å². The molecule has 0 radical (unpaired) electrons. The van der Waals surface area contributed by atoms with Crippen LogP contribution in [0.15, 0.2) is 30.7 Å². The van der Waals surface area contributed by atoms with Gasteiger partial charge in [-0.3, -0.25) is 10.2 Å². The van der Waals surface area contributed by atoms with E-state index in [4.69, 9.17) is 4.98 Å². The number of piperidine rings is 1. The standard InChI is InChI=1S/C21H28N8OS/c1-31-28-11-3-10-26(12-13-28)19-6-5-17-20(25-19)29(16-4-2-9-27(17)14-16)21(30)24-18-7-8-22-15-23-18/h5-8,15-16H,2-4,9-14H2,1H3,(H,22,23,24,30)/t16-/m0/s1. The molecule has 2 bridgehead atoms. The first kappa shape index (κ1) is 20.3. The van der Waals surface area contributed by atoms with Crippen LogP contribution in [0.1, 0.15) is 19.3 Å². The number of anilines is 4. The zero-order valence-corrected chi connectivity index (χ0v) is 18.6. The van der Waals surface area contributed by atoms with E-state index < -0.39 is 0 Å². The molecule has 1 N–H and O–H groups in total. The molecule has 1 atom stereocenters. The Kier molecular flexibility index (Phi) is 5.82. The van der Waals surface area contributed by atoms with Gasteiger partial charge in [0.1, 0.15) is 18.0 Å². The Morgan fingerprint density at radius 2 is 2.00 bits per heavy atom. The van der Waals surface area contributed by atoms with Gasteiger partial charge < -0.3 is 9.80 Å². The van der Waals surface area contributed by atoms with Gasteiger partial charge in [-0.1, -0.05) is 11.9 Å². The molecule has 2 saturated heterocycles. The van der Waals surface area contributed by atoms with E-state index in [-0.39, 0.29) is 12.1 Å². The molecule has 3 aliphatic rings. The van der Waals surface area contributed by atoms with Crippen molar-refractivity contribution in [2.75, 3.05) is 65.5 Å². The molecular weight excluding hydrogens is 412 g/mol.